The molecule has 0 radical (unpaired) electrons. The standard InChI is InChI=1S/2C7H5Br2F/c1-4-6(8)2-5(10)3-7(4)9;8-6-2-1-5(4-10)7(9)3-6/h2-3H,1H3;1-3H,4H2. The van der Waals surface area contributed by atoms with Crippen LogP contribution in [0.5, 0.6) is 0 Å². The Balaban J connectivity index is 0.000000200. The maximum Gasteiger partial charge on any atom is 0.125 e. The predicted octanol–water partition coefficient (Wildman–Crippen LogP) is 7.34. The van der Waals surface area contributed by atoms with E-state index in [0.29, 0.717) is 5.56 Å². The molecule has 0 nitrogen and oxygen atoms in total. The lowest BCUT2D eigenvalue weighted by atomic mass is 10.2. The van der Waals surface area contributed by atoms with Crippen molar-refractivity contribution in [2.75, 3.05) is 0 Å². The Bertz CT molecular complexity index is 577. The smallest absolute Gasteiger partial charge is 0.125 e. The Morgan fingerprint density at radius 1 is 0.900 bits per heavy atom. The second-order valence-corrected chi connectivity index (χ2v) is 7.34. The Morgan fingerprint density at radius 3 is 1.90 bits per heavy atom. The Kier molecular flexibility index (Phi) is 7.87. The second-order valence-electron chi connectivity index (χ2n) is 3.86. The van der Waals surface area contributed by atoms with Gasteiger partial charge in [0.15, 0.2) is 0 Å². The average molecular weight is 536 g/mol. The maximum absolute atomic E-state index is 12.5. The molecule has 2 rings (SSSR count). The normalized spacial score (nSPS) is 9.95. The van der Waals surface area contributed by atoms with Gasteiger partial charge in [0.25, 0.3) is 0 Å². The van der Waals surface area contributed by atoms with Crippen LogP contribution in [0.2, 0.25) is 0 Å². The van der Waals surface area contributed by atoms with E-state index in [9.17, 15) is 8.78 Å². The van der Waals surface area contributed by atoms with E-state index >= 15 is 0 Å². The highest BCUT2D eigenvalue weighted by atomic mass is 79.9. The largest absolute Gasteiger partial charge is 0.246 e. The van der Waals surface area contributed by atoms with Crippen molar-refractivity contribution in [2.45, 2.75) is 13.6 Å². The highest BCUT2D eigenvalue weighted by Gasteiger charge is 2.01. The van der Waals surface area contributed by atoms with Gasteiger partial charge in [-0.05, 0) is 42.3 Å². The van der Waals surface area contributed by atoms with Gasteiger partial charge in [-0.15, -0.1) is 0 Å². The van der Waals surface area contributed by atoms with E-state index in [0.717, 1.165) is 23.5 Å². The highest BCUT2D eigenvalue weighted by Crippen LogP contribution is 2.25. The van der Waals surface area contributed by atoms with Gasteiger partial charge in [-0.3, -0.25) is 0 Å². The topological polar surface area (TPSA) is 0 Å². The average Bonchev–Trinajstić information content (AvgIpc) is 2.36. The molecule has 0 fully saturated rings. The maximum atomic E-state index is 12.5. The first-order valence-corrected chi connectivity index (χ1v) is 8.63. The summed E-state index contributed by atoms with van der Waals surface area (Å²) >= 11 is 13.0. The zero-order valence-electron chi connectivity index (χ0n) is 10.4. The zero-order chi connectivity index (χ0) is 15.3. The van der Waals surface area contributed by atoms with Crippen LogP contribution in [0.3, 0.4) is 0 Å². The molecule has 0 N–H and O–H groups in total. The van der Waals surface area contributed by atoms with Gasteiger partial charge in [-0.1, -0.05) is 69.8 Å². The first-order chi connectivity index (χ1) is 9.35. The molecule has 6 heteroatoms. The van der Waals surface area contributed by atoms with Gasteiger partial charge in [-0.2, -0.15) is 0 Å². The summed E-state index contributed by atoms with van der Waals surface area (Å²) in [5.41, 5.74) is 1.70. The van der Waals surface area contributed by atoms with Crippen LogP contribution in [-0.4, -0.2) is 0 Å². The fraction of sp³-hybridized carbons (Fsp3) is 0.143. The van der Waals surface area contributed by atoms with Crippen molar-refractivity contribution in [2.24, 2.45) is 0 Å². The molecule has 2 aromatic rings. The fourth-order valence-electron chi connectivity index (χ4n) is 1.24. The molecule has 0 atom stereocenters. The molecule has 0 unspecified atom stereocenters. The highest BCUT2D eigenvalue weighted by molar-refractivity contribution is 9.11. The number of alkyl halides is 1. The summed E-state index contributed by atoms with van der Waals surface area (Å²) in [5.74, 6) is -0.232. The molecular formula is C14H10Br4F2. The van der Waals surface area contributed by atoms with Gasteiger partial charge >= 0.3 is 0 Å². The molecule has 0 heterocycles. The Morgan fingerprint density at radius 2 is 1.45 bits per heavy atom. The quantitative estimate of drug-likeness (QED) is 0.358. The van der Waals surface area contributed by atoms with Crippen molar-refractivity contribution >= 4 is 63.7 Å². The Hall–Kier alpha value is 0.220. The van der Waals surface area contributed by atoms with Crippen molar-refractivity contribution in [3.8, 4) is 0 Å². The monoisotopic (exact) mass is 532 g/mol. The first-order valence-electron chi connectivity index (χ1n) is 5.46. The van der Waals surface area contributed by atoms with Crippen LogP contribution >= 0.6 is 63.7 Å². The lowest BCUT2D eigenvalue weighted by Gasteiger charge is -1.99. The van der Waals surface area contributed by atoms with Gasteiger partial charge in [0, 0.05) is 17.9 Å². The van der Waals surface area contributed by atoms with E-state index in [2.05, 4.69) is 63.7 Å². The van der Waals surface area contributed by atoms with Crippen LogP contribution in [-0.2, 0) is 6.67 Å². The molecule has 0 saturated carbocycles. The fourth-order valence-corrected chi connectivity index (χ4v) is 3.53. The van der Waals surface area contributed by atoms with Gasteiger partial charge < -0.3 is 0 Å². The SMILES string of the molecule is Cc1c(Br)cc(F)cc1Br.FCc1ccc(Br)cc1Br. The van der Waals surface area contributed by atoms with E-state index in [1.165, 1.54) is 12.1 Å². The van der Waals surface area contributed by atoms with Crippen molar-refractivity contribution in [3.05, 3.63) is 65.2 Å². The van der Waals surface area contributed by atoms with Crippen molar-refractivity contribution < 1.29 is 8.78 Å². The van der Waals surface area contributed by atoms with E-state index < -0.39 is 6.67 Å². The summed E-state index contributed by atoms with van der Waals surface area (Å²) in [5, 5.41) is 0. The molecular weight excluding hydrogens is 526 g/mol. The summed E-state index contributed by atoms with van der Waals surface area (Å²) in [4.78, 5) is 0. The molecule has 2 aromatic carbocycles. The number of halogens is 6. The minimum atomic E-state index is -0.423. The number of rotatable bonds is 1. The molecule has 0 aliphatic heterocycles. The third kappa shape index (κ3) is 5.54. The number of benzene rings is 2. The van der Waals surface area contributed by atoms with Crippen LogP contribution in [0.15, 0.2) is 48.2 Å². The van der Waals surface area contributed by atoms with Crippen molar-refractivity contribution in [1.29, 1.82) is 0 Å². The van der Waals surface area contributed by atoms with E-state index in [1.807, 2.05) is 19.1 Å². The first kappa shape index (κ1) is 18.3. The molecule has 0 aliphatic rings. The molecule has 0 aliphatic carbocycles. The van der Waals surface area contributed by atoms with Crippen molar-refractivity contribution in [3.63, 3.8) is 0 Å². The molecule has 0 spiro atoms. The van der Waals surface area contributed by atoms with Gasteiger partial charge in [-0.25, -0.2) is 8.78 Å². The molecule has 0 saturated heterocycles. The van der Waals surface area contributed by atoms with Gasteiger partial charge in [0.05, 0.1) is 0 Å². The summed E-state index contributed by atoms with van der Waals surface area (Å²) in [6.07, 6.45) is 0. The van der Waals surface area contributed by atoms with Crippen LogP contribution in [0.4, 0.5) is 8.78 Å². The van der Waals surface area contributed by atoms with Crippen LogP contribution in [0.1, 0.15) is 11.1 Å². The lowest BCUT2D eigenvalue weighted by molar-refractivity contribution is 0.484. The molecule has 20 heavy (non-hydrogen) atoms. The number of hydrogen-bond acceptors (Lipinski definition) is 0. The van der Waals surface area contributed by atoms with Crippen molar-refractivity contribution in [1.82, 2.24) is 0 Å². The predicted molar refractivity (Wildman–Crippen MR) is 93.2 cm³/mol. The third-order valence-corrected chi connectivity index (χ3v) is 5.28. The molecule has 0 bridgehead atoms. The number of hydrogen-bond donors (Lipinski definition) is 0. The van der Waals surface area contributed by atoms with E-state index in [4.69, 9.17) is 0 Å². The van der Waals surface area contributed by atoms with Gasteiger partial charge in [0.1, 0.15) is 12.5 Å². The zero-order valence-corrected chi connectivity index (χ0v) is 16.7. The van der Waals surface area contributed by atoms with Crippen LogP contribution in [0.25, 0.3) is 0 Å². The molecule has 0 amide bonds. The third-order valence-electron chi connectivity index (χ3n) is 2.40. The summed E-state index contributed by atoms with van der Waals surface area (Å²) in [6.45, 7) is 1.49. The minimum absolute atomic E-state index is 0.232. The lowest BCUT2D eigenvalue weighted by Crippen LogP contribution is -1.80. The molecule has 108 valence electrons. The summed E-state index contributed by atoms with van der Waals surface area (Å²) < 4.78 is 28.0. The van der Waals surface area contributed by atoms with Gasteiger partial charge in [0.2, 0.25) is 0 Å². The van der Waals surface area contributed by atoms with E-state index in [-0.39, 0.29) is 5.82 Å². The van der Waals surface area contributed by atoms with Crippen LogP contribution in [0, 0.1) is 12.7 Å². The second kappa shape index (κ2) is 8.61. The minimum Gasteiger partial charge on any atom is -0.246 e. The molecule has 0 aromatic heterocycles. The Labute approximate surface area is 150 Å². The summed E-state index contributed by atoms with van der Waals surface area (Å²) in [6, 6.07) is 8.28. The van der Waals surface area contributed by atoms with E-state index in [1.54, 1.807) is 6.07 Å². The van der Waals surface area contributed by atoms with Crippen LogP contribution < -0.4 is 0 Å². The summed E-state index contributed by atoms with van der Waals surface area (Å²) in [7, 11) is 0.